The van der Waals surface area contributed by atoms with Crippen molar-refractivity contribution in [3.8, 4) is 0 Å². The van der Waals surface area contributed by atoms with Gasteiger partial charge in [0.25, 0.3) is 0 Å². The molecule has 0 fully saturated rings. The van der Waals surface area contributed by atoms with Crippen molar-refractivity contribution in [1.82, 2.24) is 10.2 Å². The van der Waals surface area contributed by atoms with Gasteiger partial charge in [0.05, 0.1) is 6.61 Å². The summed E-state index contributed by atoms with van der Waals surface area (Å²) >= 11 is 6.05. The number of ether oxygens (including phenoxy) is 1. The monoisotopic (exact) mass is 284 g/mol. The zero-order chi connectivity index (χ0) is 14.1. The zero-order valence-corrected chi connectivity index (χ0v) is 12.9. The summed E-state index contributed by atoms with van der Waals surface area (Å²) in [6.07, 6.45) is 1.06. The number of nitrogens with zero attached hydrogens (tertiary/aromatic N) is 1. The van der Waals surface area contributed by atoms with E-state index in [1.165, 1.54) is 5.56 Å². The van der Waals surface area contributed by atoms with E-state index in [1.54, 1.807) is 7.11 Å². The molecule has 1 aromatic rings. The van der Waals surface area contributed by atoms with E-state index in [1.807, 2.05) is 25.2 Å². The van der Waals surface area contributed by atoms with Gasteiger partial charge in [0.2, 0.25) is 0 Å². The first kappa shape index (κ1) is 16.4. The molecule has 0 aliphatic carbocycles. The highest BCUT2D eigenvalue weighted by Gasteiger charge is 2.11. The fraction of sp³-hybridized carbons (Fsp3) is 0.600. The Labute approximate surface area is 121 Å². The molecule has 0 aromatic heterocycles. The van der Waals surface area contributed by atoms with E-state index in [0.717, 1.165) is 37.7 Å². The Morgan fingerprint density at radius 3 is 2.74 bits per heavy atom. The van der Waals surface area contributed by atoms with Crippen LogP contribution >= 0.6 is 11.6 Å². The third-order valence-electron chi connectivity index (χ3n) is 3.39. The predicted octanol–water partition coefficient (Wildman–Crippen LogP) is 2.96. The summed E-state index contributed by atoms with van der Waals surface area (Å²) in [5, 5.41) is 4.16. The number of benzene rings is 1. The highest BCUT2D eigenvalue weighted by molar-refractivity contribution is 6.30. The first-order valence-electron chi connectivity index (χ1n) is 6.85. The largest absolute Gasteiger partial charge is 0.383 e. The van der Waals surface area contributed by atoms with Crippen molar-refractivity contribution >= 4 is 11.6 Å². The van der Waals surface area contributed by atoms with E-state index >= 15 is 0 Å². The second-order valence-electron chi connectivity index (χ2n) is 4.61. The Balaban J connectivity index is 2.52. The third kappa shape index (κ3) is 5.91. The van der Waals surface area contributed by atoms with Crippen LogP contribution < -0.4 is 5.32 Å². The van der Waals surface area contributed by atoms with Crippen molar-refractivity contribution in [2.75, 3.05) is 40.4 Å². The molecular weight excluding hydrogens is 260 g/mol. The third-order valence-corrected chi connectivity index (χ3v) is 3.63. The Bertz CT molecular complexity index is 360. The minimum atomic E-state index is 0.343. The lowest BCUT2D eigenvalue weighted by Crippen LogP contribution is -2.31. The minimum Gasteiger partial charge on any atom is -0.383 e. The molecule has 108 valence electrons. The maximum absolute atomic E-state index is 6.05. The molecule has 0 aliphatic heterocycles. The predicted molar refractivity (Wildman–Crippen MR) is 81.9 cm³/mol. The molecule has 1 rings (SSSR count). The van der Waals surface area contributed by atoms with Crippen LogP contribution in [0.4, 0.5) is 0 Å². The van der Waals surface area contributed by atoms with Gasteiger partial charge < -0.3 is 15.0 Å². The molecule has 0 radical (unpaired) electrons. The van der Waals surface area contributed by atoms with Gasteiger partial charge in [0.1, 0.15) is 0 Å². The summed E-state index contributed by atoms with van der Waals surface area (Å²) < 4.78 is 5.13. The van der Waals surface area contributed by atoms with Gasteiger partial charge >= 0.3 is 0 Å². The molecule has 0 bridgehead atoms. The molecule has 0 saturated heterocycles. The van der Waals surface area contributed by atoms with Crippen molar-refractivity contribution in [3.63, 3.8) is 0 Å². The van der Waals surface area contributed by atoms with Gasteiger partial charge in [-0.15, -0.1) is 0 Å². The molecule has 0 amide bonds. The van der Waals surface area contributed by atoms with Crippen molar-refractivity contribution in [2.45, 2.75) is 19.4 Å². The Hall–Kier alpha value is -0.610. The first-order chi connectivity index (χ1) is 9.21. The molecule has 0 spiro atoms. The number of nitrogens with one attached hydrogen (secondary N) is 1. The van der Waals surface area contributed by atoms with Gasteiger partial charge in [0, 0.05) is 31.3 Å². The molecule has 1 atom stereocenters. The highest BCUT2D eigenvalue weighted by atomic mass is 35.5. The number of rotatable bonds is 9. The lowest BCUT2D eigenvalue weighted by molar-refractivity contribution is 0.148. The second-order valence-corrected chi connectivity index (χ2v) is 5.05. The summed E-state index contributed by atoms with van der Waals surface area (Å²) in [5.41, 5.74) is 1.25. The normalized spacial score (nSPS) is 12.9. The molecule has 19 heavy (non-hydrogen) atoms. The summed E-state index contributed by atoms with van der Waals surface area (Å²) in [4.78, 5) is 2.40. The Morgan fingerprint density at radius 1 is 1.37 bits per heavy atom. The Kier molecular flexibility index (Phi) is 8.07. The van der Waals surface area contributed by atoms with Gasteiger partial charge in [-0.2, -0.15) is 0 Å². The van der Waals surface area contributed by atoms with Crippen molar-refractivity contribution in [3.05, 3.63) is 34.9 Å². The van der Waals surface area contributed by atoms with E-state index in [0.29, 0.717) is 6.04 Å². The van der Waals surface area contributed by atoms with Gasteiger partial charge in [-0.1, -0.05) is 30.7 Å². The number of hydrogen-bond acceptors (Lipinski definition) is 3. The van der Waals surface area contributed by atoms with Crippen LogP contribution in [0.3, 0.4) is 0 Å². The zero-order valence-electron chi connectivity index (χ0n) is 12.2. The SMILES string of the molecule is CCN(CCOC)CCC(NC)c1cccc(Cl)c1. The number of methoxy groups -OCH3 is 1. The van der Waals surface area contributed by atoms with Gasteiger partial charge in [-0.05, 0) is 37.7 Å². The standard InChI is InChI=1S/C15H25ClN2O/c1-4-18(10-11-19-3)9-8-15(17-2)13-6-5-7-14(16)12-13/h5-7,12,15,17H,4,8-11H2,1-3H3. The number of likely N-dealkylation sites (N-methyl/N-ethyl adjacent to an activating group) is 1. The van der Waals surface area contributed by atoms with E-state index in [9.17, 15) is 0 Å². The second kappa shape index (κ2) is 9.32. The molecule has 3 nitrogen and oxygen atoms in total. The molecule has 4 heteroatoms. The summed E-state index contributed by atoms with van der Waals surface area (Å²) in [6, 6.07) is 8.42. The number of halogens is 1. The van der Waals surface area contributed by atoms with E-state index in [2.05, 4.69) is 23.2 Å². The quantitative estimate of drug-likeness (QED) is 0.754. The smallest absolute Gasteiger partial charge is 0.0589 e. The fourth-order valence-electron chi connectivity index (χ4n) is 2.16. The lowest BCUT2D eigenvalue weighted by Gasteiger charge is -2.24. The first-order valence-corrected chi connectivity index (χ1v) is 7.23. The van der Waals surface area contributed by atoms with Crippen molar-refractivity contribution < 1.29 is 4.74 Å². The van der Waals surface area contributed by atoms with Crippen LogP contribution in [-0.4, -0.2) is 45.3 Å². The van der Waals surface area contributed by atoms with Gasteiger partial charge in [-0.3, -0.25) is 0 Å². The van der Waals surface area contributed by atoms with Crippen LogP contribution in [-0.2, 0) is 4.74 Å². The van der Waals surface area contributed by atoms with Crippen LogP contribution in [0.1, 0.15) is 24.9 Å². The fourth-order valence-corrected chi connectivity index (χ4v) is 2.36. The van der Waals surface area contributed by atoms with Crippen molar-refractivity contribution in [1.29, 1.82) is 0 Å². The average molecular weight is 285 g/mol. The molecule has 1 aromatic carbocycles. The van der Waals surface area contributed by atoms with Crippen LogP contribution in [0.2, 0.25) is 5.02 Å². The average Bonchev–Trinajstić information content (AvgIpc) is 2.43. The number of hydrogen-bond donors (Lipinski definition) is 1. The lowest BCUT2D eigenvalue weighted by atomic mass is 10.0. The topological polar surface area (TPSA) is 24.5 Å². The van der Waals surface area contributed by atoms with Crippen LogP contribution in [0.15, 0.2) is 24.3 Å². The maximum Gasteiger partial charge on any atom is 0.0589 e. The molecule has 1 N–H and O–H groups in total. The minimum absolute atomic E-state index is 0.343. The molecule has 0 aliphatic rings. The van der Waals surface area contributed by atoms with E-state index in [-0.39, 0.29) is 0 Å². The van der Waals surface area contributed by atoms with Crippen LogP contribution in [0, 0.1) is 0 Å². The Morgan fingerprint density at radius 2 is 2.16 bits per heavy atom. The van der Waals surface area contributed by atoms with Gasteiger partial charge in [0.15, 0.2) is 0 Å². The highest BCUT2D eigenvalue weighted by Crippen LogP contribution is 2.20. The molecule has 0 heterocycles. The van der Waals surface area contributed by atoms with Gasteiger partial charge in [-0.25, -0.2) is 0 Å². The molecule has 1 unspecified atom stereocenters. The van der Waals surface area contributed by atoms with Crippen molar-refractivity contribution in [2.24, 2.45) is 0 Å². The maximum atomic E-state index is 6.05. The van der Waals surface area contributed by atoms with E-state index < -0.39 is 0 Å². The van der Waals surface area contributed by atoms with Crippen LogP contribution in [0.25, 0.3) is 0 Å². The van der Waals surface area contributed by atoms with E-state index in [4.69, 9.17) is 16.3 Å². The molecule has 0 saturated carbocycles. The molecular formula is C15H25ClN2O. The summed E-state index contributed by atoms with van der Waals surface area (Å²) in [7, 11) is 3.74. The summed E-state index contributed by atoms with van der Waals surface area (Å²) in [5.74, 6) is 0. The van der Waals surface area contributed by atoms with Crippen LogP contribution in [0.5, 0.6) is 0 Å². The summed E-state index contributed by atoms with van der Waals surface area (Å²) in [6.45, 7) is 6.06.